The first-order valence-electron chi connectivity index (χ1n) is 5.07. The molecule has 6 nitrogen and oxygen atoms in total. The van der Waals surface area contributed by atoms with E-state index < -0.39 is 16.6 Å². The van der Waals surface area contributed by atoms with Gasteiger partial charge in [-0.15, -0.1) is 0 Å². The molecule has 1 aromatic carbocycles. The highest BCUT2D eigenvalue weighted by Gasteiger charge is 2.15. The largest absolute Gasteiger partial charge is 0.358 e. The van der Waals surface area contributed by atoms with Crippen LogP contribution >= 0.6 is 15.9 Å². The van der Waals surface area contributed by atoms with Gasteiger partial charge in [-0.25, -0.2) is 9.37 Å². The second kappa shape index (κ2) is 5.19. The fraction of sp³-hybridized carbons (Fsp3) is 0. The Labute approximate surface area is 114 Å². The Kier molecular flexibility index (Phi) is 3.61. The number of nitrogens with one attached hydrogen (secondary N) is 2. The van der Waals surface area contributed by atoms with Gasteiger partial charge in [0.05, 0.1) is 4.47 Å². The zero-order chi connectivity index (χ0) is 14.0. The fourth-order valence-electron chi connectivity index (χ4n) is 1.39. The number of H-pyrrole nitrogens is 1. The van der Waals surface area contributed by atoms with Gasteiger partial charge >= 0.3 is 5.82 Å². The van der Waals surface area contributed by atoms with Gasteiger partial charge in [-0.1, -0.05) is 0 Å². The monoisotopic (exact) mass is 327 g/mol. The zero-order valence-electron chi connectivity index (χ0n) is 9.31. The number of rotatable bonds is 3. The Balaban J connectivity index is 2.15. The van der Waals surface area contributed by atoms with Gasteiger partial charge in [0.25, 0.3) is 5.91 Å². The van der Waals surface area contributed by atoms with Crippen LogP contribution in [0, 0.1) is 15.9 Å². The molecule has 0 aliphatic rings. The number of halogens is 2. The molecular formula is C11H7BrFN3O3. The molecule has 0 fully saturated rings. The zero-order valence-corrected chi connectivity index (χ0v) is 10.9. The van der Waals surface area contributed by atoms with Crippen LogP contribution in [0.25, 0.3) is 0 Å². The van der Waals surface area contributed by atoms with E-state index in [2.05, 4.69) is 26.2 Å². The molecule has 1 amide bonds. The van der Waals surface area contributed by atoms with Gasteiger partial charge < -0.3 is 15.4 Å². The molecular weight excluding hydrogens is 321 g/mol. The lowest BCUT2D eigenvalue weighted by atomic mass is 10.3. The maximum Gasteiger partial charge on any atom is 0.321 e. The first-order chi connectivity index (χ1) is 8.97. The van der Waals surface area contributed by atoms with E-state index in [-0.39, 0.29) is 21.7 Å². The molecule has 1 aromatic heterocycles. The average molecular weight is 328 g/mol. The van der Waals surface area contributed by atoms with Crippen molar-refractivity contribution in [3.05, 3.63) is 56.4 Å². The highest BCUT2D eigenvalue weighted by molar-refractivity contribution is 9.10. The lowest BCUT2D eigenvalue weighted by Gasteiger charge is -2.03. The van der Waals surface area contributed by atoms with E-state index in [9.17, 15) is 19.3 Å². The number of carbonyl (C=O) groups is 1. The Morgan fingerprint density at radius 3 is 2.68 bits per heavy atom. The summed E-state index contributed by atoms with van der Waals surface area (Å²) in [7, 11) is 0. The van der Waals surface area contributed by atoms with Crippen molar-refractivity contribution in [1.82, 2.24) is 4.98 Å². The Hall–Kier alpha value is -2.22. The number of hydrogen-bond donors (Lipinski definition) is 2. The third kappa shape index (κ3) is 2.97. The molecule has 1 heterocycles. The predicted octanol–water partition coefficient (Wildman–Crippen LogP) is 3.08. The number of aromatic amines is 1. The maximum atomic E-state index is 13.2. The maximum absolute atomic E-state index is 13.2. The van der Waals surface area contributed by atoms with Crippen molar-refractivity contribution >= 4 is 33.3 Å². The average Bonchev–Trinajstić information content (AvgIpc) is 2.83. The molecule has 0 spiro atoms. The summed E-state index contributed by atoms with van der Waals surface area (Å²) in [5, 5.41) is 12.9. The van der Waals surface area contributed by atoms with Crippen LogP contribution in [0.2, 0.25) is 0 Å². The standard InChI is InChI=1S/C11H7BrFN3O3/c12-7-2-1-6(5-8(7)13)14-11(17)9-3-4-10(15-9)16(18)19/h1-5,15H,(H,14,17). The van der Waals surface area contributed by atoms with Crippen LogP contribution < -0.4 is 5.32 Å². The number of hydrogen-bond acceptors (Lipinski definition) is 3. The summed E-state index contributed by atoms with van der Waals surface area (Å²) < 4.78 is 13.5. The van der Waals surface area contributed by atoms with E-state index in [1.165, 1.54) is 24.3 Å². The van der Waals surface area contributed by atoms with Crippen molar-refractivity contribution in [2.75, 3.05) is 5.32 Å². The number of anilines is 1. The summed E-state index contributed by atoms with van der Waals surface area (Å²) in [6, 6.07) is 6.55. The minimum atomic E-state index is -0.643. The van der Waals surface area contributed by atoms with Crippen LogP contribution in [0.4, 0.5) is 15.9 Å². The van der Waals surface area contributed by atoms with Crippen molar-refractivity contribution in [2.24, 2.45) is 0 Å². The van der Waals surface area contributed by atoms with Crippen molar-refractivity contribution in [2.45, 2.75) is 0 Å². The second-order valence-electron chi connectivity index (χ2n) is 3.60. The van der Waals surface area contributed by atoms with E-state index in [4.69, 9.17) is 0 Å². The lowest BCUT2D eigenvalue weighted by Crippen LogP contribution is -2.12. The number of carbonyl (C=O) groups excluding carboxylic acids is 1. The molecule has 19 heavy (non-hydrogen) atoms. The number of amides is 1. The van der Waals surface area contributed by atoms with Gasteiger partial charge in [-0.05, 0) is 45.1 Å². The first-order valence-corrected chi connectivity index (χ1v) is 5.86. The molecule has 98 valence electrons. The molecule has 0 radical (unpaired) electrons. The molecule has 8 heteroatoms. The van der Waals surface area contributed by atoms with E-state index >= 15 is 0 Å². The van der Waals surface area contributed by atoms with Crippen molar-refractivity contribution in [1.29, 1.82) is 0 Å². The molecule has 0 bridgehead atoms. The van der Waals surface area contributed by atoms with E-state index in [0.29, 0.717) is 0 Å². The fourth-order valence-corrected chi connectivity index (χ4v) is 1.64. The third-order valence-electron chi connectivity index (χ3n) is 2.29. The van der Waals surface area contributed by atoms with Gasteiger partial charge in [0.15, 0.2) is 5.69 Å². The summed E-state index contributed by atoms with van der Waals surface area (Å²) in [5.74, 6) is -1.39. The van der Waals surface area contributed by atoms with E-state index in [0.717, 1.165) is 6.07 Å². The Bertz CT molecular complexity index is 656. The van der Waals surface area contributed by atoms with E-state index in [1.54, 1.807) is 0 Å². The van der Waals surface area contributed by atoms with Gasteiger partial charge in [0.2, 0.25) is 0 Å². The smallest absolute Gasteiger partial charge is 0.321 e. The Morgan fingerprint density at radius 2 is 2.11 bits per heavy atom. The number of benzene rings is 1. The topological polar surface area (TPSA) is 88.0 Å². The molecule has 2 aromatic rings. The minimum Gasteiger partial charge on any atom is -0.358 e. The predicted molar refractivity (Wildman–Crippen MR) is 69.5 cm³/mol. The lowest BCUT2D eigenvalue weighted by molar-refractivity contribution is -0.389. The minimum absolute atomic E-state index is 0.0232. The summed E-state index contributed by atoms with van der Waals surface area (Å²) in [6.07, 6.45) is 0. The number of aromatic nitrogens is 1. The highest BCUT2D eigenvalue weighted by atomic mass is 79.9. The first kappa shape index (κ1) is 13.2. The third-order valence-corrected chi connectivity index (χ3v) is 2.93. The van der Waals surface area contributed by atoms with Crippen molar-refractivity contribution in [3.8, 4) is 0 Å². The van der Waals surface area contributed by atoms with Gasteiger partial charge in [-0.2, -0.15) is 0 Å². The van der Waals surface area contributed by atoms with Crippen LogP contribution in [-0.4, -0.2) is 15.8 Å². The normalized spacial score (nSPS) is 10.2. The quantitative estimate of drug-likeness (QED) is 0.670. The summed E-state index contributed by atoms with van der Waals surface area (Å²) in [6.45, 7) is 0. The molecule has 2 N–H and O–H groups in total. The molecule has 0 saturated carbocycles. The van der Waals surface area contributed by atoms with Crippen LogP contribution in [0.3, 0.4) is 0 Å². The summed E-state index contributed by atoms with van der Waals surface area (Å²) in [5.41, 5.74) is 0.276. The summed E-state index contributed by atoms with van der Waals surface area (Å²) >= 11 is 2.99. The van der Waals surface area contributed by atoms with Crippen molar-refractivity contribution in [3.63, 3.8) is 0 Å². The number of nitro groups is 1. The van der Waals surface area contributed by atoms with Gasteiger partial charge in [0.1, 0.15) is 5.82 Å². The molecule has 0 aliphatic carbocycles. The molecule has 2 rings (SSSR count). The summed E-state index contributed by atoms with van der Waals surface area (Å²) in [4.78, 5) is 23.9. The molecule has 0 saturated heterocycles. The van der Waals surface area contributed by atoms with Crippen LogP contribution in [-0.2, 0) is 0 Å². The SMILES string of the molecule is O=C(Nc1ccc(Br)c(F)c1)c1ccc([N+](=O)[O-])[nH]1. The number of nitrogens with zero attached hydrogens (tertiary/aromatic N) is 1. The Morgan fingerprint density at radius 1 is 1.37 bits per heavy atom. The van der Waals surface area contributed by atoms with Crippen molar-refractivity contribution < 1.29 is 14.1 Å². The second-order valence-corrected chi connectivity index (χ2v) is 4.45. The van der Waals surface area contributed by atoms with Crippen LogP contribution in [0.1, 0.15) is 10.5 Å². The molecule has 0 aliphatic heterocycles. The van der Waals surface area contributed by atoms with Gasteiger partial charge in [0, 0.05) is 11.8 Å². The molecule has 0 atom stereocenters. The highest BCUT2D eigenvalue weighted by Crippen LogP contribution is 2.20. The molecule has 0 unspecified atom stereocenters. The van der Waals surface area contributed by atoms with Gasteiger partial charge in [-0.3, -0.25) is 4.79 Å². The van der Waals surface area contributed by atoms with E-state index in [1.807, 2.05) is 0 Å². The van der Waals surface area contributed by atoms with Crippen LogP contribution in [0.5, 0.6) is 0 Å². The van der Waals surface area contributed by atoms with Crippen LogP contribution in [0.15, 0.2) is 34.8 Å².